The minimum absolute atomic E-state index is 0.120. The third-order valence-electron chi connectivity index (χ3n) is 3.31. The van der Waals surface area contributed by atoms with Crippen LogP contribution in [0, 0.1) is 5.82 Å². The fourth-order valence-electron chi connectivity index (χ4n) is 2.16. The summed E-state index contributed by atoms with van der Waals surface area (Å²) in [6, 6.07) is 12.2. The number of quaternary nitrogens is 1. The molecule has 22 heavy (non-hydrogen) atoms. The highest BCUT2D eigenvalue weighted by Crippen LogP contribution is 2.31. The smallest absolute Gasteiger partial charge is 0.170 e. The SMILES string of the molecule is COc1cccc(C[NH2+]CCO)c1OCc1ccccc1F. The number of para-hydroxylation sites is 1. The van der Waals surface area contributed by atoms with Gasteiger partial charge in [0.1, 0.15) is 19.0 Å². The van der Waals surface area contributed by atoms with E-state index in [1.165, 1.54) is 6.07 Å². The van der Waals surface area contributed by atoms with E-state index in [2.05, 4.69) is 0 Å². The maximum Gasteiger partial charge on any atom is 0.170 e. The van der Waals surface area contributed by atoms with Gasteiger partial charge in [0.25, 0.3) is 0 Å². The van der Waals surface area contributed by atoms with Gasteiger partial charge in [0.15, 0.2) is 11.5 Å². The molecule has 0 atom stereocenters. The fraction of sp³-hybridized carbons (Fsp3) is 0.294. The van der Waals surface area contributed by atoms with E-state index in [1.807, 2.05) is 23.5 Å². The van der Waals surface area contributed by atoms with Crippen molar-refractivity contribution in [3.05, 3.63) is 59.4 Å². The monoisotopic (exact) mass is 306 g/mol. The first-order valence-electron chi connectivity index (χ1n) is 7.21. The van der Waals surface area contributed by atoms with Crippen LogP contribution in [-0.4, -0.2) is 25.4 Å². The number of benzene rings is 2. The van der Waals surface area contributed by atoms with E-state index in [9.17, 15) is 4.39 Å². The Balaban J connectivity index is 2.15. The normalized spacial score (nSPS) is 10.5. The minimum Gasteiger partial charge on any atom is -0.493 e. The Bertz CT molecular complexity index is 604. The van der Waals surface area contributed by atoms with E-state index in [0.717, 1.165) is 5.56 Å². The zero-order valence-corrected chi connectivity index (χ0v) is 12.6. The molecule has 118 valence electrons. The lowest BCUT2D eigenvalue weighted by Gasteiger charge is -2.14. The average Bonchev–Trinajstić information content (AvgIpc) is 2.55. The predicted octanol–water partition coefficient (Wildman–Crippen LogP) is 1.47. The molecule has 2 aromatic rings. The Morgan fingerprint density at radius 3 is 2.59 bits per heavy atom. The summed E-state index contributed by atoms with van der Waals surface area (Å²) in [4.78, 5) is 0. The first-order valence-corrected chi connectivity index (χ1v) is 7.21. The van der Waals surface area contributed by atoms with Crippen LogP contribution in [0.1, 0.15) is 11.1 Å². The molecule has 0 fully saturated rings. The predicted molar refractivity (Wildman–Crippen MR) is 81.3 cm³/mol. The van der Waals surface area contributed by atoms with E-state index in [0.29, 0.717) is 30.2 Å². The summed E-state index contributed by atoms with van der Waals surface area (Å²) >= 11 is 0. The molecular weight excluding hydrogens is 285 g/mol. The van der Waals surface area contributed by atoms with Gasteiger partial charge in [-0.05, 0) is 18.2 Å². The molecule has 5 heteroatoms. The Morgan fingerprint density at radius 2 is 1.86 bits per heavy atom. The van der Waals surface area contributed by atoms with Crippen molar-refractivity contribution >= 4 is 0 Å². The molecular formula is C17H21FNO3+. The number of nitrogens with two attached hydrogens (primary N) is 1. The number of aliphatic hydroxyl groups is 1. The summed E-state index contributed by atoms with van der Waals surface area (Å²) in [6.07, 6.45) is 0. The van der Waals surface area contributed by atoms with Crippen molar-refractivity contribution in [1.82, 2.24) is 0 Å². The van der Waals surface area contributed by atoms with Crippen molar-refractivity contribution < 1.29 is 24.3 Å². The lowest BCUT2D eigenvalue weighted by Crippen LogP contribution is -2.83. The highest BCUT2D eigenvalue weighted by molar-refractivity contribution is 5.46. The molecule has 0 radical (unpaired) electrons. The van der Waals surface area contributed by atoms with Gasteiger partial charge >= 0.3 is 0 Å². The summed E-state index contributed by atoms with van der Waals surface area (Å²) in [7, 11) is 1.58. The van der Waals surface area contributed by atoms with E-state index < -0.39 is 0 Å². The maximum atomic E-state index is 13.7. The zero-order valence-electron chi connectivity index (χ0n) is 12.6. The second-order valence-electron chi connectivity index (χ2n) is 4.83. The molecule has 2 aromatic carbocycles. The highest BCUT2D eigenvalue weighted by atomic mass is 19.1. The van der Waals surface area contributed by atoms with Crippen LogP contribution in [0.4, 0.5) is 4.39 Å². The van der Waals surface area contributed by atoms with Gasteiger partial charge in [0.2, 0.25) is 0 Å². The summed E-state index contributed by atoms with van der Waals surface area (Å²) < 4.78 is 24.8. The largest absolute Gasteiger partial charge is 0.493 e. The van der Waals surface area contributed by atoms with Gasteiger partial charge in [0, 0.05) is 5.56 Å². The van der Waals surface area contributed by atoms with Crippen LogP contribution >= 0.6 is 0 Å². The molecule has 0 aliphatic carbocycles. The summed E-state index contributed by atoms with van der Waals surface area (Å²) in [5, 5.41) is 10.8. The van der Waals surface area contributed by atoms with Crippen molar-refractivity contribution in [2.24, 2.45) is 0 Å². The van der Waals surface area contributed by atoms with Crippen LogP contribution in [0.15, 0.2) is 42.5 Å². The topological polar surface area (TPSA) is 55.3 Å². The molecule has 3 N–H and O–H groups in total. The van der Waals surface area contributed by atoms with Crippen LogP contribution in [0.25, 0.3) is 0 Å². The van der Waals surface area contributed by atoms with Crippen LogP contribution in [0.3, 0.4) is 0 Å². The Kier molecular flexibility index (Phi) is 6.18. The van der Waals surface area contributed by atoms with Crippen molar-refractivity contribution in [3.63, 3.8) is 0 Å². The third-order valence-corrected chi connectivity index (χ3v) is 3.31. The second-order valence-corrected chi connectivity index (χ2v) is 4.83. The molecule has 0 aromatic heterocycles. The van der Waals surface area contributed by atoms with Crippen LogP contribution in [0.2, 0.25) is 0 Å². The molecule has 4 nitrogen and oxygen atoms in total. The lowest BCUT2D eigenvalue weighted by atomic mass is 10.1. The number of halogens is 1. The molecule has 0 unspecified atom stereocenters. The van der Waals surface area contributed by atoms with Gasteiger partial charge in [0.05, 0.1) is 25.8 Å². The number of aliphatic hydroxyl groups excluding tert-OH is 1. The summed E-state index contributed by atoms with van der Waals surface area (Å²) in [5.74, 6) is 0.944. The molecule has 0 aliphatic heterocycles. The van der Waals surface area contributed by atoms with Crippen molar-refractivity contribution in [3.8, 4) is 11.5 Å². The first kappa shape index (κ1) is 16.3. The van der Waals surface area contributed by atoms with Gasteiger partial charge in [-0.3, -0.25) is 0 Å². The van der Waals surface area contributed by atoms with E-state index >= 15 is 0 Å². The third kappa shape index (κ3) is 4.19. The lowest BCUT2D eigenvalue weighted by molar-refractivity contribution is -0.671. The number of methoxy groups -OCH3 is 1. The molecule has 0 bridgehead atoms. The highest BCUT2D eigenvalue weighted by Gasteiger charge is 2.13. The van der Waals surface area contributed by atoms with Gasteiger partial charge in [-0.1, -0.05) is 24.3 Å². The first-order chi connectivity index (χ1) is 10.8. The molecule has 2 rings (SSSR count). The molecule has 0 saturated heterocycles. The fourth-order valence-corrected chi connectivity index (χ4v) is 2.16. The standard InChI is InChI=1S/C17H20FNO3/c1-21-16-8-4-6-13(11-19-9-10-20)17(16)22-12-14-5-2-3-7-15(14)18/h2-8,19-20H,9-12H2,1H3/p+1. The molecule has 0 saturated carbocycles. The zero-order chi connectivity index (χ0) is 15.8. The van der Waals surface area contributed by atoms with Crippen molar-refractivity contribution in [2.75, 3.05) is 20.3 Å². The molecule has 0 spiro atoms. The van der Waals surface area contributed by atoms with E-state index in [4.69, 9.17) is 14.6 Å². The second kappa shape index (κ2) is 8.36. The molecule has 0 aliphatic rings. The van der Waals surface area contributed by atoms with Gasteiger partial charge in [-0.15, -0.1) is 0 Å². The van der Waals surface area contributed by atoms with Crippen LogP contribution < -0.4 is 14.8 Å². The van der Waals surface area contributed by atoms with Crippen LogP contribution in [-0.2, 0) is 13.2 Å². The number of hydrogen-bond donors (Lipinski definition) is 2. The number of hydrogen-bond acceptors (Lipinski definition) is 3. The van der Waals surface area contributed by atoms with E-state index in [1.54, 1.807) is 25.3 Å². The molecule has 0 heterocycles. The summed E-state index contributed by atoms with van der Waals surface area (Å²) in [6.45, 7) is 1.53. The average molecular weight is 306 g/mol. The summed E-state index contributed by atoms with van der Waals surface area (Å²) in [5.41, 5.74) is 1.45. The van der Waals surface area contributed by atoms with Gasteiger partial charge in [-0.2, -0.15) is 0 Å². The van der Waals surface area contributed by atoms with Gasteiger partial charge in [-0.25, -0.2) is 4.39 Å². The Morgan fingerprint density at radius 1 is 1.09 bits per heavy atom. The minimum atomic E-state index is -0.286. The van der Waals surface area contributed by atoms with Crippen LogP contribution in [0.5, 0.6) is 11.5 Å². The molecule has 0 amide bonds. The van der Waals surface area contributed by atoms with Gasteiger partial charge < -0.3 is 19.9 Å². The quantitative estimate of drug-likeness (QED) is 0.726. The maximum absolute atomic E-state index is 13.7. The number of ether oxygens (including phenoxy) is 2. The van der Waals surface area contributed by atoms with Crippen molar-refractivity contribution in [2.45, 2.75) is 13.2 Å². The number of rotatable bonds is 8. The van der Waals surface area contributed by atoms with E-state index in [-0.39, 0.29) is 19.0 Å². The Labute approximate surface area is 129 Å². The Hall–Kier alpha value is -2.11. The van der Waals surface area contributed by atoms with Crippen molar-refractivity contribution in [1.29, 1.82) is 0 Å².